The predicted molar refractivity (Wildman–Crippen MR) is 121 cm³/mol. The van der Waals surface area contributed by atoms with Gasteiger partial charge in [-0.05, 0) is 66.2 Å². The summed E-state index contributed by atoms with van der Waals surface area (Å²) in [4.78, 5) is 11.8. The van der Waals surface area contributed by atoms with Crippen LogP contribution in [-0.4, -0.2) is 32.6 Å². The number of urea groups is 1. The fourth-order valence-electron chi connectivity index (χ4n) is 2.61. The van der Waals surface area contributed by atoms with Crippen LogP contribution in [0.2, 0.25) is 0 Å². The van der Waals surface area contributed by atoms with Crippen LogP contribution in [-0.2, 0) is 0 Å². The molecule has 0 saturated carbocycles. The summed E-state index contributed by atoms with van der Waals surface area (Å²) in [5, 5.41) is 6.63. The molecule has 0 aliphatic carbocycles. The van der Waals surface area contributed by atoms with Gasteiger partial charge in [0, 0.05) is 12.1 Å². The molecular formula is C24H25N3O4. The van der Waals surface area contributed by atoms with Crippen molar-refractivity contribution in [1.82, 2.24) is 5.43 Å². The molecule has 0 bridgehead atoms. The van der Waals surface area contributed by atoms with E-state index in [-0.39, 0.29) is 0 Å². The Bertz CT molecular complexity index is 958. The molecule has 0 atom stereocenters. The topological polar surface area (TPSA) is 81.2 Å². The Kier molecular flexibility index (Phi) is 8.31. The first-order valence-corrected chi connectivity index (χ1v) is 9.88. The first kappa shape index (κ1) is 21.7. The molecule has 0 heterocycles. The fourth-order valence-corrected chi connectivity index (χ4v) is 2.61. The molecule has 0 aliphatic heterocycles. The normalized spacial score (nSPS) is 10.5. The zero-order chi connectivity index (χ0) is 21.7. The highest BCUT2D eigenvalue weighted by Crippen LogP contribution is 2.17. The molecule has 2 N–H and O–H groups in total. The molecule has 7 heteroatoms. The minimum absolute atomic E-state index is 0.403. The van der Waals surface area contributed by atoms with E-state index < -0.39 is 6.03 Å². The van der Waals surface area contributed by atoms with E-state index in [2.05, 4.69) is 15.8 Å². The summed E-state index contributed by atoms with van der Waals surface area (Å²) in [6.45, 7) is 1.11. The number of rotatable bonds is 10. The Hall–Kier alpha value is -4.00. The van der Waals surface area contributed by atoms with Crippen LogP contribution in [0.25, 0.3) is 0 Å². The van der Waals surface area contributed by atoms with E-state index in [1.807, 2.05) is 66.7 Å². The number of methoxy groups -OCH3 is 1. The molecule has 3 aromatic rings. The Labute approximate surface area is 181 Å². The van der Waals surface area contributed by atoms with Gasteiger partial charge in [-0.3, -0.25) is 0 Å². The zero-order valence-electron chi connectivity index (χ0n) is 17.3. The van der Waals surface area contributed by atoms with E-state index in [9.17, 15) is 4.79 Å². The van der Waals surface area contributed by atoms with Crippen LogP contribution in [0.3, 0.4) is 0 Å². The molecule has 0 radical (unpaired) electrons. The number of amides is 2. The third kappa shape index (κ3) is 7.74. The summed E-state index contributed by atoms with van der Waals surface area (Å²) < 4.78 is 16.5. The van der Waals surface area contributed by atoms with Gasteiger partial charge < -0.3 is 19.5 Å². The standard InChI is InChI=1S/C24H25N3O4/c1-29-21-12-14-23(15-13-21)31-17-5-16-30-22-10-8-19(9-11-22)18-25-27-24(28)26-20-6-3-2-4-7-20/h2-4,6-15,18H,5,16-17H2,1H3,(H2,26,27,28)/b25-18-. The molecule has 31 heavy (non-hydrogen) atoms. The molecule has 0 unspecified atom stereocenters. The largest absolute Gasteiger partial charge is 0.497 e. The minimum Gasteiger partial charge on any atom is -0.497 e. The summed E-state index contributed by atoms with van der Waals surface area (Å²) in [5.41, 5.74) is 3.97. The highest BCUT2D eigenvalue weighted by atomic mass is 16.5. The molecule has 0 aromatic heterocycles. The van der Waals surface area contributed by atoms with Gasteiger partial charge in [0.1, 0.15) is 17.2 Å². The van der Waals surface area contributed by atoms with Crippen molar-refractivity contribution >= 4 is 17.9 Å². The number of hydrogen-bond acceptors (Lipinski definition) is 5. The van der Waals surface area contributed by atoms with Crippen molar-refractivity contribution in [2.75, 3.05) is 25.6 Å². The smallest absolute Gasteiger partial charge is 0.339 e. The number of hydrazone groups is 1. The number of nitrogens with one attached hydrogen (secondary N) is 2. The molecule has 2 amide bonds. The summed E-state index contributed by atoms with van der Waals surface area (Å²) in [5.74, 6) is 2.36. The summed E-state index contributed by atoms with van der Waals surface area (Å²) in [7, 11) is 1.63. The second-order valence-corrected chi connectivity index (χ2v) is 6.49. The van der Waals surface area contributed by atoms with Gasteiger partial charge in [0.25, 0.3) is 0 Å². The summed E-state index contributed by atoms with van der Waals surface area (Å²) >= 11 is 0. The van der Waals surface area contributed by atoms with E-state index in [4.69, 9.17) is 14.2 Å². The minimum atomic E-state index is -0.403. The average molecular weight is 419 g/mol. The van der Waals surface area contributed by atoms with E-state index in [0.717, 1.165) is 29.2 Å². The van der Waals surface area contributed by atoms with Crippen LogP contribution in [0.15, 0.2) is 84.0 Å². The lowest BCUT2D eigenvalue weighted by Crippen LogP contribution is -2.24. The molecule has 0 fully saturated rings. The van der Waals surface area contributed by atoms with Gasteiger partial charge in [0.2, 0.25) is 0 Å². The van der Waals surface area contributed by atoms with Crippen molar-refractivity contribution in [3.63, 3.8) is 0 Å². The maximum Gasteiger partial charge on any atom is 0.339 e. The summed E-state index contributed by atoms with van der Waals surface area (Å²) in [6, 6.07) is 23.7. The van der Waals surface area contributed by atoms with Crippen LogP contribution >= 0.6 is 0 Å². The van der Waals surface area contributed by atoms with Crippen molar-refractivity contribution in [3.8, 4) is 17.2 Å². The van der Waals surface area contributed by atoms with Crippen molar-refractivity contribution in [2.45, 2.75) is 6.42 Å². The maximum atomic E-state index is 11.8. The monoisotopic (exact) mass is 419 g/mol. The molecule has 160 valence electrons. The van der Waals surface area contributed by atoms with Gasteiger partial charge in [-0.1, -0.05) is 18.2 Å². The Morgan fingerprint density at radius 1 is 0.839 bits per heavy atom. The van der Waals surface area contributed by atoms with Gasteiger partial charge in [-0.15, -0.1) is 0 Å². The number of para-hydroxylation sites is 1. The highest BCUT2D eigenvalue weighted by molar-refractivity contribution is 5.90. The first-order chi connectivity index (χ1) is 15.2. The quantitative estimate of drug-likeness (QED) is 0.284. The molecular weight excluding hydrogens is 394 g/mol. The SMILES string of the molecule is COc1ccc(OCCCOc2ccc(/C=N\NC(=O)Nc3ccccc3)cc2)cc1. The molecule has 0 saturated heterocycles. The number of hydrogen-bond donors (Lipinski definition) is 2. The Morgan fingerprint density at radius 3 is 2.03 bits per heavy atom. The van der Waals surface area contributed by atoms with Crippen LogP contribution in [0.4, 0.5) is 10.5 Å². The van der Waals surface area contributed by atoms with Crippen LogP contribution in [0.5, 0.6) is 17.2 Å². The third-order valence-electron chi connectivity index (χ3n) is 4.18. The van der Waals surface area contributed by atoms with Gasteiger partial charge in [-0.25, -0.2) is 10.2 Å². The van der Waals surface area contributed by atoms with E-state index >= 15 is 0 Å². The lowest BCUT2D eigenvalue weighted by Gasteiger charge is -2.08. The van der Waals surface area contributed by atoms with Crippen molar-refractivity contribution < 1.29 is 19.0 Å². The van der Waals surface area contributed by atoms with Crippen LogP contribution in [0.1, 0.15) is 12.0 Å². The second-order valence-electron chi connectivity index (χ2n) is 6.49. The maximum absolute atomic E-state index is 11.8. The van der Waals surface area contributed by atoms with Gasteiger partial charge in [-0.2, -0.15) is 5.10 Å². The number of ether oxygens (including phenoxy) is 3. The Morgan fingerprint density at radius 2 is 1.42 bits per heavy atom. The lowest BCUT2D eigenvalue weighted by molar-refractivity contribution is 0.247. The predicted octanol–water partition coefficient (Wildman–Crippen LogP) is 4.70. The van der Waals surface area contributed by atoms with Crippen LogP contribution < -0.4 is 25.0 Å². The molecule has 3 aromatic carbocycles. The summed E-state index contributed by atoms with van der Waals surface area (Å²) in [6.07, 6.45) is 2.33. The zero-order valence-corrected chi connectivity index (χ0v) is 17.3. The van der Waals surface area contributed by atoms with Crippen LogP contribution in [0, 0.1) is 0 Å². The molecule has 0 aliphatic rings. The van der Waals surface area contributed by atoms with Gasteiger partial charge >= 0.3 is 6.03 Å². The van der Waals surface area contributed by atoms with E-state index in [1.54, 1.807) is 25.5 Å². The van der Waals surface area contributed by atoms with Crippen molar-refractivity contribution in [3.05, 3.63) is 84.4 Å². The fraction of sp³-hybridized carbons (Fsp3) is 0.167. The molecule has 0 spiro atoms. The van der Waals surface area contributed by atoms with Crippen molar-refractivity contribution in [2.24, 2.45) is 5.10 Å². The van der Waals surface area contributed by atoms with E-state index in [1.165, 1.54) is 0 Å². The number of carbonyl (C=O) groups is 1. The Balaban J connectivity index is 1.33. The van der Waals surface area contributed by atoms with Crippen molar-refractivity contribution in [1.29, 1.82) is 0 Å². The lowest BCUT2D eigenvalue weighted by atomic mass is 10.2. The highest BCUT2D eigenvalue weighted by Gasteiger charge is 1.99. The second kappa shape index (κ2) is 11.9. The number of nitrogens with zero attached hydrogens (tertiary/aromatic N) is 1. The molecule has 7 nitrogen and oxygen atoms in total. The molecule has 3 rings (SSSR count). The first-order valence-electron chi connectivity index (χ1n) is 9.88. The third-order valence-corrected chi connectivity index (χ3v) is 4.18. The van der Waals surface area contributed by atoms with E-state index in [0.29, 0.717) is 18.9 Å². The number of benzene rings is 3. The number of carbonyl (C=O) groups excluding carboxylic acids is 1. The van der Waals surface area contributed by atoms with Gasteiger partial charge in [0.15, 0.2) is 0 Å². The average Bonchev–Trinajstić information content (AvgIpc) is 2.81. The number of anilines is 1. The van der Waals surface area contributed by atoms with Gasteiger partial charge in [0.05, 0.1) is 26.5 Å².